The maximum Gasteiger partial charge on any atom is 0.134 e. The quantitative estimate of drug-likeness (QED) is 0.781. The highest BCUT2D eigenvalue weighted by Crippen LogP contribution is 2.26. The van der Waals surface area contributed by atoms with E-state index in [1.807, 2.05) is 42.6 Å². The number of rotatable bonds is 5. The topological polar surface area (TPSA) is 55.3 Å². The minimum atomic E-state index is 0.490. The van der Waals surface area contributed by atoms with E-state index >= 15 is 0 Å². The third kappa shape index (κ3) is 2.96. The van der Waals surface area contributed by atoms with Crippen molar-refractivity contribution in [3.05, 3.63) is 65.7 Å². The summed E-state index contributed by atoms with van der Waals surface area (Å²) in [6, 6.07) is 14.0. The highest BCUT2D eigenvalue weighted by Gasteiger charge is 2.14. The van der Waals surface area contributed by atoms with Crippen LogP contribution in [-0.4, -0.2) is 16.9 Å². The number of nitrogens with two attached hydrogens (primary N) is 1. The van der Waals surface area contributed by atoms with Crippen molar-refractivity contribution in [3.8, 4) is 0 Å². The SMILES string of the molecule is CN(Cc1ccccn1)Cc1oc2ccccc2c1CN. The number of pyridine rings is 1. The minimum absolute atomic E-state index is 0.490. The molecule has 1 aromatic carbocycles. The summed E-state index contributed by atoms with van der Waals surface area (Å²) in [5, 5.41) is 1.11. The lowest BCUT2D eigenvalue weighted by atomic mass is 10.1. The number of nitrogens with zero attached hydrogens (tertiary/aromatic N) is 2. The predicted octanol–water partition coefficient (Wildman–Crippen LogP) is 2.92. The van der Waals surface area contributed by atoms with E-state index in [2.05, 4.69) is 23.0 Å². The van der Waals surface area contributed by atoms with E-state index in [-0.39, 0.29) is 0 Å². The molecule has 4 heteroatoms. The van der Waals surface area contributed by atoms with Crippen molar-refractivity contribution >= 4 is 11.0 Å². The Morgan fingerprint density at radius 3 is 2.67 bits per heavy atom. The Kier molecular flexibility index (Phi) is 3.99. The Morgan fingerprint density at radius 1 is 1.10 bits per heavy atom. The van der Waals surface area contributed by atoms with E-state index in [4.69, 9.17) is 10.2 Å². The zero-order valence-electron chi connectivity index (χ0n) is 12.1. The summed E-state index contributed by atoms with van der Waals surface area (Å²) >= 11 is 0. The van der Waals surface area contributed by atoms with Gasteiger partial charge in [0, 0.05) is 30.2 Å². The molecule has 0 saturated carbocycles. The molecule has 4 nitrogen and oxygen atoms in total. The van der Waals surface area contributed by atoms with Gasteiger partial charge < -0.3 is 10.2 Å². The molecule has 108 valence electrons. The first-order chi connectivity index (χ1) is 10.3. The molecule has 21 heavy (non-hydrogen) atoms. The maximum atomic E-state index is 5.96. The largest absolute Gasteiger partial charge is 0.459 e. The van der Waals surface area contributed by atoms with Crippen LogP contribution in [0.1, 0.15) is 17.0 Å². The van der Waals surface area contributed by atoms with Crippen LogP contribution in [0, 0.1) is 0 Å². The van der Waals surface area contributed by atoms with Crippen molar-refractivity contribution in [1.29, 1.82) is 0 Å². The number of fused-ring (bicyclic) bond motifs is 1. The standard InChI is InChI=1S/C17H19N3O/c1-20(11-13-6-4-5-9-19-13)12-17-15(10-18)14-7-2-3-8-16(14)21-17/h2-9H,10-12,18H2,1H3. The molecule has 0 bridgehead atoms. The van der Waals surface area contributed by atoms with Gasteiger partial charge in [-0.25, -0.2) is 0 Å². The normalized spacial score (nSPS) is 11.4. The second-order valence-corrected chi connectivity index (χ2v) is 5.20. The van der Waals surface area contributed by atoms with Crippen LogP contribution < -0.4 is 5.73 Å². The van der Waals surface area contributed by atoms with Gasteiger partial charge >= 0.3 is 0 Å². The van der Waals surface area contributed by atoms with Gasteiger partial charge in [0.25, 0.3) is 0 Å². The smallest absolute Gasteiger partial charge is 0.134 e. The fourth-order valence-corrected chi connectivity index (χ4v) is 2.57. The van der Waals surface area contributed by atoms with E-state index in [0.29, 0.717) is 6.54 Å². The summed E-state index contributed by atoms with van der Waals surface area (Å²) < 4.78 is 5.96. The number of benzene rings is 1. The van der Waals surface area contributed by atoms with Crippen LogP contribution in [0.2, 0.25) is 0 Å². The summed E-state index contributed by atoms with van der Waals surface area (Å²) in [5.74, 6) is 0.942. The summed E-state index contributed by atoms with van der Waals surface area (Å²) in [4.78, 5) is 6.53. The second-order valence-electron chi connectivity index (χ2n) is 5.20. The number of hydrogen-bond acceptors (Lipinski definition) is 4. The van der Waals surface area contributed by atoms with Crippen LogP contribution >= 0.6 is 0 Å². The molecular formula is C17H19N3O. The van der Waals surface area contributed by atoms with Gasteiger partial charge in [0.2, 0.25) is 0 Å². The van der Waals surface area contributed by atoms with E-state index < -0.39 is 0 Å². The monoisotopic (exact) mass is 281 g/mol. The highest BCUT2D eigenvalue weighted by molar-refractivity contribution is 5.82. The number of hydrogen-bond donors (Lipinski definition) is 1. The zero-order valence-corrected chi connectivity index (χ0v) is 12.1. The van der Waals surface area contributed by atoms with Gasteiger partial charge in [-0.1, -0.05) is 24.3 Å². The summed E-state index contributed by atoms with van der Waals surface area (Å²) in [6.07, 6.45) is 1.82. The third-order valence-electron chi connectivity index (χ3n) is 3.56. The number of furan rings is 1. The zero-order chi connectivity index (χ0) is 14.7. The molecule has 0 atom stereocenters. The highest BCUT2D eigenvalue weighted by atomic mass is 16.3. The first-order valence-corrected chi connectivity index (χ1v) is 7.05. The van der Waals surface area contributed by atoms with Crippen molar-refractivity contribution in [1.82, 2.24) is 9.88 Å². The van der Waals surface area contributed by atoms with Crippen molar-refractivity contribution in [2.75, 3.05) is 7.05 Å². The Morgan fingerprint density at radius 2 is 1.90 bits per heavy atom. The molecule has 0 aliphatic heterocycles. The molecule has 3 rings (SSSR count). The molecule has 2 heterocycles. The third-order valence-corrected chi connectivity index (χ3v) is 3.56. The van der Waals surface area contributed by atoms with Crippen molar-refractivity contribution < 1.29 is 4.42 Å². The van der Waals surface area contributed by atoms with Crippen LogP contribution in [0.5, 0.6) is 0 Å². The van der Waals surface area contributed by atoms with E-state index in [1.54, 1.807) is 0 Å². The molecule has 0 unspecified atom stereocenters. The fourth-order valence-electron chi connectivity index (χ4n) is 2.57. The molecule has 0 aliphatic carbocycles. The second kappa shape index (κ2) is 6.08. The number of aromatic nitrogens is 1. The molecule has 0 spiro atoms. The van der Waals surface area contributed by atoms with Crippen LogP contribution in [0.25, 0.3) is 11.0 Å². The van der Waals surface area contributed by atoms with Crippen LogP contribution in [0.4, 0.5) is 0 Å². The average molecular weight is 281 g/mol. The van der Waals surface area contributed by atoms with Crippen molar-refractivity contribution in [3.63, 3.8) is 0 Å². The summed E-state index contributed by atoms with van der Waals surface area (Å²) in [5.41, 5.74) is 8.94. The lowest BCUT2D eigenvalue weighted by Crippen LogP contribution is -2.18. The van der Waals surface area contributed by atoms with Crippen molar-refractivity contribution in [2.24, 2.45) is 5.73 Å². The van der Waals surface area contributed by atoms with Gasteiger partial charge in [-0.2, -0.15) is 0 Å². The summed E-state index contributed by atoms with van der Waals surface area (Å²) in [7, 11) is 2.06. The number of para-hydroxylation sites is 1. The summed E-state index contributed by atoms with van der Waals surface area (Å²) in [6.45, 7) is 1.99. The van der Waals surface area contributed by atoms with Crippen LogP contribution in [0.15, 0.2) is 53.1 Å². The van der Waals surface area contributed by atoms with Gasteiger partial charge in [0.15, 0.2) is 0 Å². The van der Waals surface area contributed by atoms with Gasteiger partial charge in [0.05, 0.1) is 12.2 Å². The Balaban J connectivity index is 1.81. The molecule has 2 aromatic heterocycles. The Labute approximate surface area is 124 Å². The lowest BCUT2D eigenvalue weighted by Gasteiger charge is -2.15. The average Bonchev–Trinajstić information content (AvgIpc) is 2.85. The molecule has 0 aliphatic rings. The van der Waals surface area contributed by atoms with E-state index in [0.717, 1.165) is 41.1 Å². The molecular weight excluding hydrogens is 262 g/mol. The van der Waals surface area contributed by atoms with E-state index in [1.165, 1.54) is 0 Å². The lowest BCUT2D eigenvalue weighted by molar-refractivity contribution is 0.287. The van der Waals surface area contributed by atoms with Gasteiger partial charge in [-0.05, 0) is 25.2 Å². The molecule has 2 N–H and O–H groups in total. The molecule has 0 radical (unpaired) electrons. The first kappa shape index (κ1) is 13.8. The van der Waals surface area contributed by atoms with Gasteiger partial charge in [-0.3, -0.25) is 9.88 Å². The van der Waals surface area contributed by atoms with Gasteiger partial charge in [-0.15, -0.1) is 0 Å². The van der Waals surface area contributed by atoms with Crippen LogP contribution in [0.3, 0.4) is 0 Å². The van der Waals surface area contributed by atoms with Crippen molar-refractivity contribution in [2.45, 2.75) is 19.6 Å². The molecule has 0 amide bonds. The maximum absolute atomic E-state index is 5.96. The Hall–Kier alpha value is -2.17. The van der Waals surface area contributed by atoms with E-state index in [9.17, 15) is 0 Å². The fraction of sp³-hybridized carbons (Fsp3) is 0.235. The molecule has 0 saturated heterocycles. The van der Waals surface area contributed by atoms with Gasteiger partial charge in [0.1, 0.15) is 11.3 Å². The molecule has 0 fully saturated rings. The molecule has 3 aromatic rings. The minimum Gasteiger partial charge on any atom is -0.459 e. The first-order valence-electron chi connectivity index (χ1n) is 7.05. The Bertz CT molecular complexity index is 721. The van der Waals surface area contributed by atoms with Crippen LogP contribution in [-0.2, 0) is 19.6 Å². The predicted molar refractivity (Wildman–Crippen MR) is 83.5 cm³/mol.